The lowest BCUT2D eigenvalue weighted by molar-refractivity contribution is -0.118. The van der Waals surface area contributed by atoms with E-state index in [0.29, 0.717) is 22.8 Å². The molecule has 0 unspecified atom stereocenters. The maximum atomic E-state index is 13.6. The van der Waals surface area contributed by atoms with Gasteiger partial charge in [0.2, 0.25) is 5.91 Å². The van der Waals surface area contributed by atoms with Crippen molar-refractivity contribution in [3.8, 4) is 11.4 Å². The fourth-order valence-corrected chi connectivity index (χ4v) is 5.67. The summed E-state index contributed by atoms with van der Waals surface area (Å²) in [5.41, 5.74) is 3.87. The molecule has 29 heavy (non-hydrogen) atoms. The number of benzene rings is 1. The molecule has 0 saturated carbocycles. The number of nitrogens with zero attached hydrogens (tertiary/aromatic N) is 2. The molecule has 0 atom stereocenters. The van der Waals surface area contributed by atoms with Crippen molar-refractivity contribution in [1.82, 2.24) is 15.0 Å². The van der Waals surface area contributed by atoms with E-state index in [1.165, 1.54) is 16.6 Å². The molecule has 7 nitrogen and oxygen atoms in total. The quantitative estimate of drug-likeness (QED) is 0.205. The zero-order valence-electron chi connectivity index (χ0n) is 16.1. The van der Waals surface area contributed by atoms with Crippen molar-refractivity contribution in [2.75, 3.05) is 12.4 Å². The van der Waals surface area contributed by atoms with E-state index in [-0.39, 0.29) is 17.2 Å². The van der Waals surface area contributed by atoms with Crippen molar-refractivity contribution in [3.63, 3.8) is 0 Å². The van der Waals surface area contributed by atoms with Gasteiger partial charge in [-0.3, -0.25) is 19.6 Å². The highest BCUT2D eigenvalue weighted by atomic mass is 32.2. The molecule has 0 bridgehead atoms. The first-order valence-corrected chi connectivity index (χ1v) is 11.4. The van der Waals surface area contributed by atoms with Gasteiger partial charge in [-0.2, -0.15) is 0 Å². The second kappa shape index (κ2) is 8.56. The number of rotatable bonds is 6. The lowest BCUT2D eigenvalue weighted by Crippen LogP contribution is -2.32. The SMILES string of the molecule is CCOc1ccc(-n2c(SCC(=O)NN)nc3sc4c(c3c2=O)CCCC4)cc1. The summed E-state index contributed by atoms with van der Waals surface area (Å²) < 4.78 is 7.10. The fraction of sp³-hybridized carbons (Fsp3) is 0.350. The number of ether oxygens (including phenoxy) is 1. The van der Waals surface area contributed by atoms with E-state index >= 15 is 0 Å². The van der Waals surface area contributed by atoms with Crippen molar-refractivity contribution in [1.29, 1.82) is 0 Å². The van der Waals surface area contributed by atoms with Crippen molar-refractivity contribution in [3.05, 3.63) is 45.1 Å². The maximum absolute atomic E-state index is 13.6. The van der Waals surface area contributed by atoms with Crippen LogP contribution >= 0.6 is 23.1 Å². The number of carbonyl (C=O) groups is 1. The van der Waals surface area contributed by atoms with E-state index in [0.717, 1.165) is 41.8 Å². The zero-order chi connectivity index (χ0) is 20.4. The van der Waals surface area contributed by atoms with Crippen LogP contribution < -0.4 is 21.6 Å². The highest BCUT2D eigenvalue weighted by molar-refractivity contribution is 7.99. The van der Waals surface area contributed by atoms with Gasteiger partial charge in [0, 0.05) is 4.88 Å². The van der Waals surface area contributed by atoms with Gasteiger partial charge in [0.25, 0.3) is 5.56 Å². The molecule has 0 aliphatic heterocycles. The lowest BCUT2D eigenvalue weighted by atomic mass is 9.97. The van der Waals surface area contributed by atoms with Gasteiger partial charge in [0.1, 0.15) is 10.6 Å². The van der Waals surface area contributed by atoms with E-state index in [4.69, 9.17) is 15.6 Å². The number of hydrazine groups is 1. The Bertz CT molecular complexity index is 1110. The first kappa shape index (κ1) is 19.9. The van der Waals surface area contributed by atoms with Crippen LogP contribution in [0.3, 0.4) is 0 Å². The monoisotopic (exact) mass is 430 g/mol. The minimum Gasteiger partial charge on any atom is -0.494 e. The summed E-state index contributed by atoms with van der Waals surface area (Å²) >= 11 is 2.80. The van der Waals surface area contributed by atoms with Crippen molar-refractivity contribution < 1.29 is 9.53 Å². The standard InChI is InChI=1S/C20H22N4O3S2/c1-2-27-13-9-7-12(8-10-13)24-19(26)17-14-5-3-4-6-15(14)29-18(17)22-20(24)28-11-16(25)23-21/h7-10H,2-6,11,21H2,1H3,(H,23,25). The van der Waals surface area contributed by atoms with Crippen LogP contribution in [0.1, 0.15) is 30.2 Å². The third kappa shape index (κ3) is 3.90. The average molecular weight is 431 g/mol. The minimum atomic E-state index is -0.326. The zero-order valence-corrected chi connectivity index (χ0v) is 17.7. The minimum absolute atomic E-state index is 0.0799. The fourth-order valence-electron chi connectivity index (χ4n) is 3.54. The molecule has 3 N–H and O–H groups in total. The summed E-state index contributed by atoms with van der Waals surface area (Å²) in [6.45, 7) is 2.50. The van der Waals surface area contributed by atoms with Gasteiger partial charge in [-0.25, -0.2) is 10.8 Å². The number of carbonyl (C=O) groups excluding carboxylic acids is 1. The number of aryl methyl sites for hydroxylation is 2. The molecule has 2 aromatic heterocycles. The average Bonchev–Trinajstić information content (AvgIpc) is 3.11. The summed E-state index contributed by atoms with van der Waals surface area (Å²) in [6.07, 6.45) is 4.15. The van der Waals surface area contributed by atoms with Crippen LogP contribution in [0.2, 0.25) is 0 Å². The smallest absolute Gasteiger partial charge is 0.267 e. The maximum Gasteiger partial charge on any atom is 0.267 e. The van der Waals surface area contributed by atoms with Crippen LogP contribution in [0, 0.1) is 0 Å². The van der Waals surface area contributed by atoms with Crippen LogP contribution in [0.5, 0.6) is 5.75 Å². The van der Waals surface area contributed by atoms with Crippen molar-refractivity contribution in [2.24, 2.45) is 5.84 Å². The molecular weight excluding hydrogens is 408 g/mol. The molecule has 0 radical (unpaired) electrons. The summed E-state index contributed by atoms with van der Waals surface area (Å²) in [5.74, 6) is 5.70. The number of hydrogen-bond donors (Lipinski definition) is 2. The van der Waals surface area contributed by atoms with Gasteiger partial charge in [0.05, 0.1) is 23.4 Å². The number of hydrogen-bond acceptors (Lipinski definition) is 7. The molecule has 0 fully saturated rings. The second-order valence-electron chi connectivity index (χ2n) is 6.71. The topological polar surface area (TPSA) is 99.2 Å². The first-order valence-electron chi connectivity index (χ1n) is 9.55. The van der Waals surface area contributed by atoms with Crippen LogP contribution in [0.15, 0.2) is 34.2 Å². The normalized spacial score (nSPS) is 13.3. The Balaban J connectivity index is 1.87. The van der Waals surface area contributed by atoms with Crippen LogP contribution in [-0.2, 0) is 17.6 Å². The van der Waals surface area contributed by atoms with Gasteiger partial charge in [-0.15, -0.1) is 11.3 Å². The predicted octanol–water partition coefficient (Wildman–Crippen LogP) is 2.81. The Morgan fingerprint density at radius 1 is 1.31 bits per heavy atom. The molecule has 9 heteroatoms. The van der Waals surface area contributed by atoms with Crippen LogP contribution in [0.4, 0.5) is 0 Å². The number of thioether (sulfide) groups is 1. The Labute approximate surface area is 176 Å². The summed E-state index contributed by atoms with van der Waals surface area (Å²) in [6, 6.07) is 7.34. The van der Waals surface area contributed by atoms with Gasteiger partial charge < -0.3 is 4.74 Å². The van der Waals surface area contributed by atoms with Crippen molar-refractivity contribution >= 4 is 39.2 Å². The summed E-state index contributed by atoms with van der Waals surface area (Å²) in [4.78, 5) is 32.0. The molecule has 3 aromatic rings. The molecule has 1 amide bonds. The molecule has 2 heterocycles. The largest absolute Gasteiger partial charge is 0.494 e. The van der Waals surface area contributed by atoms with E-state index in [1.54, 1.807) is 15.9 Å². The number of aromatic nitrogens is 2. The molecule has 1 aromatic carbocycles. The van der Waals surface area contributed by atoms with E-state index in [1.807, 2.05) is 31.2 Å². The van der Waals surface area contributed by atoms with E-state index < -0.39 is 0 Å². The van der Waals surface area contributed by atoms with Crippen LogP contribution in [-0.4, -0.2) is 27.8 Å². The predicted molar refractivity (Wildman–Crippen MR) is 116 cm³/mol. The highest BCUT2D eigenvalue weighted by Crippen LogP contribution is 2.35. The number of thiophene rings is 1. The molecule has 0 spiro atoms. The highest BCUT2D eigenvalue weighted by Gasteiger charge is 2.23. The van der Waals surface area contributed by atoms with E-state index in [9.17, 15) is 9.59 Å². The Morgan fingerprint density at radius 2 is 2.07 bits per heavy atom. The third-order valence-electron chi connectivity index (χ3n) is 4.86. The van der Waals surface area contributed by atoms with Gasteiger partial charge in [-0.05, 0) is 62.4 Å². The summed E-state index contributed by atoms with van der Waals surface area (Å²) in [7, 11) is 0. The second-order valence-corrected chi connectivity index (χ2v) is 8.74. The Kier molecular flexibility index (Phi) is 5.89. The lowest BCUT2D eigenvalue weighted by Gasteiger charge is -2.14. The molecule has 0 saturated heterocycles. The first-order chi connectivity index (χ1) is 14.1. The third-order valence-corrected chi connectivity index (χ3v) is 6.98. The van der Waals surface area contributed by atoms with Crippen LogP contribution in [0.25, 0.3) is 15.9 Å². The Morgan fingerprint density at radius 3 is 2.79 bits per heavy atom. The molecule has 4 rings (SSSR count). The number of amides is 1. The molecular formula is C20H22N4O3S2. The molecule has 1 aliphatic carbocycles. The number of nitrogens with one attached hydrogen (secondary N) is 1. The van der Waals surface area contributed by atoms with Crippen molar-refractivity contribution in [2.45, 2.75) is 37.8 Å². The number of nitrogens with two attached hydrogens (primary N) is 1. The Hall–Kier alpha value is -2.36. The molecule has 1 aliphatic rings. The van der Waals surface area contributed by atoms with Gasteiger partial charge >= 0.3 is 0 Å². The van der Waals surface area contributed by atoms with E-state index in [2.05, 4.69) is 5.43 Å². The number of fused-ring (bicyclic) bond motifs is 3. The molecule has 152 valence electrons. The van der Waals surface area contributed by atoms with Gasteiger partial charge in [-0.1, -0.05) is 11.8 Å². The van der Waals surface area contributed by atoms with Gasteiger partial charge in [0.15, 0.2) is 5.16 Å². The summed E-state index contributed by atoms with van der Waals surface area (Å²) in [5, 5.41) is 1.19.